The summed E-state index contributed by atoms with van der Waals surface area (Å²) in [5.74, 6) is -1.80. The molecule has 2 N–H and O–H groups in total. The minimum absolute atomic E-state index is 0.0433. The van der Waals surface area contributed by atoms with E-state index < -0.39 is 41.4 Å². The molecule has 11 nitrogen and oxygen atoms in total. The van der Waals surface area contributed by atoms with Crippen LogP contribution in [0, 0.1) is 0 Å². The van der Waals surface area contributed by atoms with Crippen LogP contribution in [0.2, 0.25) is 0 Å². The second-order valence-electron chi connectivity index (χ2n) is 9.55. The van der Waals surface area contributed by atoms with Gasteiger partial charge in [0.05, 0.1) is 18.2 Å². The van der Waals surface area contributed by atoms with E-state index in [4.69, 9.17) is 14.2 Å². The molecule has 11 heteroatoms. The van der Waals surface area contributed by atoms with Crippen molar-refractivity contribution in [1.29, 1.82) is 0 Å². The van der Waals surface area contributed by atoms with Crippen LogP contribution in [0.25, 0.3) is 0 Å². The standard InChI is InChI=1S/C23H27N3O8/c1-23(2,3)34-22(31)24-11-7-12(8-11)33-17-10-14-13(9-16(17)32-4)20(29)26(21(14)30)15-5-6-18(27)25-19(15)28/h9-12,15H,5-8H2,1-4H3,(H,24,31)(H,25,27,28)/t11?,12?,15-/m1/s1. The lowest BCUT2D eigenvalue weighted by atomic mass is 9.89. The lowest BCUT2D eigenvalue weighted by Gasteiger charge is -2.36. The third-order valence-electron chi connectivity index (χ3n) is 5.83. The van der Waals surface area contributed by atoms with Crippen molar-refractivity contribution >= 4 is 29.7 Å². The Bertz CT molecular complexity index is 1070. The van der Waals surface area contributed by atoms with Crippen LogP contribution in [0.5, 0.6) is 11.5 Å². The summed E-state index contributed by atoms with van der Waals surface area (Å²) in [6.07, 6.45) is 0.463. The molecule has 34 heavy (non-hydrogen) atoms. The van der Waals surface area contributed by atoms with Crippen molar-refractivity contribution in [3.63, 3.8) is 0 Å². The number of fused-ring (bicyclic) bond motifs is 1. The lowest BCUT2D eigenvalue weighted by molar-refractivity contribution is -0.136. The molecule has 0 spiro atoms. The van der Waals surface area contributed by atoms with Crippen LogP contribution in [0.4, 0.5) is 4.79 Å². The molecule has 182 valence electrons. The zero-order valence-electron chi connectivity index (χ0n) is 19.4. The third kappa shape index (κ3) is 4.55. The van der Waals surface area contributed by atoms with Gasteiger partial charge in [0.2, 0.25) is 11.8 Å². The third-order valence-corrected chi connectivity index (χ3v) is 5.83. The molecule has 2 fully saturated rings. The monoisotopic (exact) mass is 473 g/mol. The van der Waals surface area contributed by atoms with Crippen molar-refractivity contribution in [3.8, 4) is 11.5 Å². The van der Waals surface area contributed by atoms with Gasteiger partial charge in [-0.25, -0.2) is 4.79 Å². The average Bonchev–Trinajstić information content (AvgIpc) is 2.94. The minimum atomic E-state index is -1.05. The fourth-order valence-corrected chi connectivity index (χ4v) is 4.16. The summed E-state index contributed by atoms with van der Waals surface area (Å²) in [5.41, 5.74) is -0.377. The predicted molar refractivity (Wildman–Crippen MR) is 116 cm³/mol. The SMILES string of the molecule is COc1cc2c(cc1OC1CC(NC(=O)OC(C)(C)C)C1)C(=O)N([C@@H]1CCC(=O)NC1=O)C2=O. The van der Waals surface area contributed by atoms with E-state index in [1.165, 1.54) is 19.2 Å². The van der Waals surface area contributed by atoms with Crippen molar-refractivity contribution in [2.75, 3.05) is 7.11 Å². The molecule has 1 aliphatic carbocycles. The number of piperidine rings is 1. The molecule has 1 saturated carbocycles. The predicted octanol–water partition coefficient (Wildman–Crippen LogP) is 1.53. The summed E-state index contributed by atoms with van der Waals surface area (Å²) in [4.78, 5) is 62.4. The zero-order valence-corrected chi connectivity index (χ0v) is 19.4. The van der Waals surface area contributed by atoms with E-state index in [1.54, 1.807) is 20.8 Å². The average molecular weight is 473 g/mol. The molecule has 0 radical (unpaired) electrons. The normalized spacial score (nSPS) is 24.2. The van der Waals surface area contributed by atoms with E-state index in [9.17, 15) is 24.0 Å². The number of benzene rings is 1. The summed E-state index contributed by atoms with van der Waals surface area (Å²) in [5, 5.41) is 4.95. The van der Waals surface area contributed by atoms with Crippen LogP contribution < -0.4 is 20.1 Å². The highest BCUT2D eigenvalue weighted by Crippen LogP contribution is 2.39. The lowest BCUT2D eigenvalue weighted by Crippen LogP contribution is -2.54. The number of hydrogen-bond donors (Lipinski definition) is 2. The van der Waals surface area contributed by atoms with Crippen LogP contribution in [0.3, 0.4) is 0 Å². The molecular weight excluding hydrogens is 446 g/mol. The van der Waals surface area contributed by atoms with Crippen molar-refractivity contribution in [2.45, 2.75) is 70.2 Å². The van der Waals surface area contributed by atoms with E-state index in [2.05, 4.69) is 10.6 Å². The molecule has 1 saturated heterocycles. The van der Waals surface area contributed by atoms with Crippen LogP contribution in [-0.2, 0) is 14.3 Å². The Morgan fingerprint density at radius 3 is 2.24 bits per heavy atom. The second-order valence-corrected chi connectivity index (χ2v) is 9.55. The number of carbonyl (C=O) groups is 5. The van der Waals surface area contributed by atoms with Gasteiger partial charge in [0, 0.05) is 25.3 Å². The number of nitrogens with zero attached hydrogens (tertiary/aromatic N) is 1. The molecule has 2 aliphatic heterocycles. The number of ether oxygens (including phenoxy) is 3. The van der Waals surface area contributed by atoms with Crippen molar-refractivity contribution in [2.24, 2.45) is 0 Å². The molecule has 3 aliphatic rings. The van der Waals surface area contributed by atoms with Crippen LogP contribution in [-0.4, -0.2) is 65.5 Å². The van der Waals surface area contributed by atoms with Crippen LogP contribution in [0.1, 0.15) is 67.2 Å². The van der Waals surface area contributed by atoms with E-state index in [0.29, 0.717) is 12.8 Å². The van der Waals surface area contributed by atoms with Crippen LogP contribution >= 0.6 is 0 Å². The van der Waals surface area contributed by atoms with Gasteiger partial charge in [0.1, 0.15) is 17.7 Å². The first-order chi connectivity index (χ1) is 16.0. The number of hydrogen-bond acceptors (Lipinski definition) is 8. The summed E-state index contributed by atoms with van der Waals surface area (Å²) >= 11 is 0. The number of carbonyl (C=O) groups excluding carboxylic acids is 5. The molecule has 1 aromatic rings. The van der Waals surface area contributed by atoms with Gasteiger partial charge in [-0.15, -0.1) is 0 Å². The van der Waals surface area contributed by atoms with Gasteiger partial charge in [-0.05, 0) is 39.3 Å². The number of alkyl carbamates (subject to hydrolysis) is 1. The first-order valence-corrected chi connectivity index (χ1v) is 11.1. The molecule has 0 aromatic heterocycles. The number of nitrogens with one attached hydrogen (secondary N) is 2. The summed E-state index contributed by atoms with van der Waals surface area (Å²) in [7, 11) is 1.42. The van der Waals surface area contributed by atoms with Gasteiger partial charge in [-0.2, -0.15) is 0 Å². The highest BCUT2D eigenvalue weighted by molar-refractivity contribution is 6.23. The van der Waals surface area contributed by atoms with Crippen LogP contribution in [0.15, 0.2) is 12.1 Å². The molecular formula is C23H27N3O8. The summed E-state index contributed by atoms with van der Waals surface area (Å²) in [6.45, 7) is 5.35. The topological polar surface area (TPSA) is 140 Å². The van der Waals surface area contributed by atoms with E-state index in [1.807, 2.05) is 0 Å². The maximum Gasteiger partial charge on any atom is 0.407 e. The fourth-order valence-electron chi connectivity index (χ4n) is 4.16. The van der Waals surface area contributed by atoms with Crippen molar-refractivity contribution < 1.29 is 38.2 Å². The Balaban J connectivity index is 1.44. The number of rotatable bonds is 5. The molecule has 5 amide bonds. The Kier molecular flexibility index (Phi) is 5.96. The van der Waals surface area contributed by atoms with Crippen molar-refractivity contribution in [3.05, 3.63) is 23.3 Å². The van der Waals surface area contributed by atoms with E-state index >= 15 is 0 Å². The molecule has 0 unspecified atom stereocenters. The van der Waals surface area contributed by atoms with Gasteiger partial charge in [0.15, 0.2) is 11.5 Å². The summed E-state index contributed by atoms with van der Waals surface area (Å²) in [6, 6.07) is 1.71. The Hall–Kier alpha value is -3.63. The number of methoxy groups -OCH3 is 1. The van der Waals surface area contributed by atoms with Gasteiger partial charge in [-0.1, -0.05) is 0 Å². The number of amides is 5. The molecule has 1 aromatic carbocycles. The quantitative estimate of drug-likeness (QED) is 0.614. The van der Waals surface area contributed by atoms with Gasteiger partial charge < -0.3 is 19.5 Å². The van der Waals surface area contributed by atoms with Gasteiger partial charge in [-0.3, -0.25) is 29.4 Å². The minimum Gasteiger partial charge on any atom is -0.493 e. The van der Waals surface area contributed by atoms with Gasteiger partial charge in [0.25, 0.3) is 11.8 Å². The number of imide groups is 2. The maximum absolute atomic E-state index is 13.0. The largest absolute Gasteiger partial charge is 0.493 e. The Labute approximate surface area is 196 Å². The molecule has 2 heterocycles. The summed E-state index contributed by atoms with van der Waals surface area (Å²) < 4.78 is 16.6. The first kappa shape index (κ1) is 23.5. The van der Waals surface area contributed by atoms with E-state index in [-0.39, 0.29) is 47.6 Å². The molecule has 4 rings (SSSR count). The maximum atomic E-state index is 13.0. The highest BCUT2D eigenvalue weighted by Gasteiger charge is 2.45. The Morgan fingerprint density at radius 1 is 1.06 bits per heavy atom. The Morgan fingerprint density at radius 2 is 1.68 bits per heavy atom. The highest BCUT2D eigenvalue weighted by atomic mass is 16.6. The van der Waals surface area contributed by atoms with Gasteiger partial charge >= 0.3 is 6.09 Å². The molecule has 1 atom stereocenters. The zero-order chi connectivity index (χ0) is 24.8. The van der Waals surface area contributed by atoms with E-state index in [0.717, 1.165) is 4.90 Å². The first-order valence-electron chi connectivity index (χ1n) is 11.1. The smallest absolute Gasteiger partial charge is 0.407 e. The van der Waals surface area contributed by atoms with Crippen molar-refractivity contribution in [1.82, 2.24) is 15.5 Å². The fraction of sp³-hybridized carbons (Fsp3) is 0.522. The second kappa shape index (κ2) is 8.62. The molecule has 0 bridgehead atoms.